The number of nitrogens with zero attached hydrogens (tertiary/aromatic N) is 1. The van der Waals surface area contributed by atoms with Crippen molar-refractivity contribution < 1.29 is 4.57 Å². The minimum absolute atomic E-state index is 0.744. The molecule has 0 atom stereocenters. The molecule has 1 rings (SSSR count). The van der Waals surface area contributed by atoms with Crippen molar-refractivity contribution in [3.8, 4) is 0 Å². The Bertz CT molecular complexity index is 224. The first-order valence-corrected chi connectivity index (χ1v) is 3.67. The van der Waals surface area contributed by atoms with E-state index in [4.69, 9.17) is 11.6 Å². The zero-order valence-electron chi connectivity index (χ0n) is 4.94. The van der Waals surface area contributed by atoms with E-state index in [-0.39, 0.29) is 0 Å². The van der Waals surface area contributed by atoms with E-state index in [9.17, 15) is 0 Å². The highest BCUT2D eigenvalue weighted by atomic mass is 79.9. The van der Waals surface area contributed by atoms with Crippen LogP contribution in [0.2, 0.25) is 5.02 Å². The molecule has 9 heavy (non-hydrogen) atoms. The molecule has 0 radical (unpaired) electrons. The third-order valence-corrected chi connectivity index (χ3v) is 2.19. The number of hydrogen-bond acceptors (Lipinski definition) is 0. The first kappa shape index (κ1) is 7.03. The van der Waals surface area contributed by atoms with Gasteiger partial charge in [0.05, 0.1) is 9.50 Å². The molecule has 0 aliphatic rings. The molecule has 1 aromatic rings. The van der Waals surface area contributed by atoms with Crippen LogP contribution in [0.4, 0.5) is 0 Å². The van der Waals surface area contributed by atoms with Gasteiger partial charge in [-0.25, -0.2) is 4.57 Å². The van der Waals surface area contributed by atoms with E-state index < -0.39 is 0 Å². The van der Waals surface area contributed by atoms with Crippen molar-refractivity contribution in [1.29, 1.82) is 0 Å². The van der Waals surface area contributed by atoms with Crippen LogP contribution in [0.15, 0.2) is 22.9 Å². The van der Waals surface area contributed by atoms with Crippen LogP contribution in [0.3, 0.4) is 0 Å². The maximum absolute atomic E-state index is 5.72. The Morgan fingerprint density at radius 1 is 1.67 bits per heavy atom. The minimum Gasteiger partial charge on any atom is -0.207 e. The van der Waals surface area contributed by atoms with Crippen LogP contribution in [0.5, 0.6) is 0 Å². The molecule has 0 bridgehead atoms. The average molecular weight is 207 g/mol. The lowest BCUT2D eigenvalue weighted by Gasteiger charge is -1.89. The molecular weight excluding hydrogens is 201 g/mol. The average Bonchev–Trinajstić information content (AvgIpc) is 1.80. The van der Waals surface area contributed by atoms with Crippen LogP contribution in [0.1, 0.15) is 0 Å². The van der Waals surface area contributed by atoms with Crippen molar-refractivity contribution in [3.63, 3.8) is 0 Å². The Morgan fingerprint density at radius 2 is 2.33 bits per heavy atom. The third-order valence-electron chi connectivity index (χ3n) is 1.00. The molecule has 0 amide bonds. The van der Waals surface area contributed by atoms with Gasteiger partial charge in [0.25, 0.3) is 0 Å². The van der Waals surface area contributed by atoms with Gasteiger partial charge in [0.15, 0.2) is 12.4 Å². The Balaban J connectivity index is 3.17. The second kappa shape index (κ2) is 2.67. The lowest BCUT2D eigenvalue weighted by Crippen LogP contribution is -2.26. The summed E-state index contributed by atoms with van der Waals surface area (Å²) >= 11 is 9.01. The maximum atomic E-state index is 5.72. The van der Waals surface area contributed by atoms with E-state index in [2.05, 4.69) is 15.9 Å². The summed E-state index contributed by atoms with van der Waals surface area (Å²) in [5.41, 5.74) is 0. The fourth-order valence-electron chi connectivity index (χ4n) is 0.546. The zero-order chi connectivity index (χ0) is 6.85. The topological polar surface area (TPSA) is 3.88 Å². The van der Waals surface area contributed by atoms with E-state index in [0.29, 0.717) is 0 Å². The van der Waals surface area contributed by atoms with Gasteiger partial charge in [0, 0.05) is 6.07 Å². The van der Waals surface area contributed by atoms with Crippen LogP contribution in [-0.2, 0) is 7.05 Å². The Morgan fingerprint density at radius 3 is 2.78 bits per heavy atom. The monoisotopic (exact) mass is 206 g/mol. The molecule has 1 nitrogen and oxygen atoms in total. The smallest absolute Gasteiger partial charge is 0.184 e. The van der Waals surface area contributed by atoms with E-state index >= 15 is 0 Å². The summed E-state index contributed by atoms with van der Waals surface area (Å²) in [6.45, 7) is 0. The quantitative estimate of drug-likeness (QED) is 0.573. The largest absolute Gasteiger partial charge is 0.207 e. The third kappa shape index (κ3) is 1.66. The van der Waals surface area contributed by atoms with Crippen molar-refractivity contribution in [2.45, 2.75) is 0 Å². The second-order valence-electron chi connectivity index (χ2n) is 1.81. The fraction of sp³-hybridized carbons (Fsp3) is 0.167. The molecule has 1 heterocycles. The molecule has 3 heteroatoms. The molecule has 0 N–H and O–H groups in total. The van der Waals surface area contributed by atoms with Crippen LogP contribution in [0.25, 0.3) is 0 Å². The van der Waals surface area contributed by atoms with Crippen LogP contribution >= 0.6 is 27.5 Å². The van der Waals surface area contributed by atoms with Crippen molar-refractivity contribution in [3.05, 3.63) is 28.0 Å². The summed E-state index contributed by atoms with van der Waals surface area (Å²) in [7, 11) is 1.95. The SMILES string of the molecule is C[n+]1ccc(Cl)c(Br)c1. The Kier molecular flexibility index (Phi) is 2.09. The van der Waals surface area contributed by atoms with Crippen LogP contribution < -0.4 is 4.57 Å². The van der Waals surface area contributed by atoms with E-state index in [1.54, 1.807) is 0 Å². The van der Waals surface area contributed by atoms with Gasteiger partial charge in [-0.15, -0.1) is 0 Å². The van der Waals surface area contributed by atoms with Gasteiger partial charge in [0.1, 0.15) is 7.05 Å². The lowest BCUT2D eigenvalue weighted by molar-refractivity contribution is -0.672. The summed E-state index contributed by atoms with van der Waals surface area (Å²) in [6, 6.07) is 1.84. The fourth-order valence-corrected chi connectivity index (χ4v) is 1.11. The summed E-state index contributed by atoms with van der Waals surface area (Å²) in [5, 5.41) is 0.744. The number of halogens is 2. The van der Waals surface area contributed by atoms with Gasteiger partial charge in [-0.3, -0.25) is 0 Å². The summed E-state index contributed by atoms with van der Waals surface area (Å²) in [6.07, 6.45) is 3.80. The van der Waals surface area contributed by atoms with Crippen molar-refractivity contribution in [2.24, 2.45) is 7.05 Å². The van der Waals surface area contributed by atoms with E-state index in [0.717, 1.165) is 9.50 Å². The van der Waals surface area contributed by atoms with E-state index in [1.807, 2.05) is 30.1 Å². The number of rotatable bonds is 0. The Hall–Kier alpha value is -0.0800. The van der Waals surface area contributed by atoms with E-state index in [1.165, 1.54) is 0 Å². The van der Waals surface area contributed by atoms with Crippen LogP contribution in [0, 0.1) is 0 Å². The van der Waals surface area contributed by atoms with Crippen LogP contribution in [-0.4, -0.2) is 0 Å². The molecule has 0 aromatic carbocycles. The van der Waals surface area contributed by atoms with Gasteiger partial charge >= 0.3 is 0 Å². The maximum Gasteiger partial charge on any atom is 0.184 e. The number of pyridine rings is 1. The van der Waals surface area contributed by atoms with Gasteiger partial charge in [-0.1, -0.05) is 11.6 Å². The van der Waals surface area contributed by atoms with Gasteiger partial charge in [-0.05, 0) is 15.9 Å². The first-order valence-electron chi connectivity index (χ1n) is 2.50. The molecule has 48 valence electrons. The zero-order valence-corrected chi connectivity index (χ0v) is 7.28. The highest BCUT2D eigenvalue weighted by Crippen LogP contribution is 2.18. The Labute approximate surface area is 67.4 Å². The molecule has 0 spiro atoms. The predicted octanol–water partition coefficient (Wildman–Crippen LogP) is 1.93. The highest BCUT2D eigenvalue weighted by molar-refractivity contribution is 9.10. The normalized spacial score (nSPS) is 9.67. The summed E-state index contributed by atoms with van der Waals surface area (Å²) in [4.78, 5) is 0. The first-order chi connectivity index (χ1) is 4.20. The highest BCUT2D eigenvalue weighted by Gasteiger charge is 1.98. The summed E-state index contributed by atoms with van der Waals surface area (Å²) in [5.74, 6) is 0. The second-order valence-corrected chi connectivity index (χ2v) is 3.07. The standard InChI is InChI=1S/C6H6BrClN/c1-9-3-2-6(8)5(7)4-9/h2-4H,1H3/q+1. The summed E-state index contributed by atoms with van der Waals surface area (Å²) < 4.78 is 2.85. The molecule has 0 aliphatic carbocycles. The van der Waals surface area contributed by atoms with Gasteiger partial charge in [-0.2, -0.15) is 0 Å². The molecule has 0 aliphatic heterocycles. The molecule has 0 unspecified atom stereocenters. The molecule has 0 fully saturated rings. The predicted molar refractivity (Wildman–Crippen MR) is 40.3 cm³/mol. The van der Waals surface area contributed by atoms with Gasteiger partial charge in [0.2, 0.25) is 0 Å². The number of hydrogen-bond donors (Lipinski definition) is 0. The number of aromatic nitrogens is 1. The molecule has 1 aromatic heterocycles. The molecule has 0 saturated carbocycles. The molecular formula is C6H6BrClN+. The van der Waals surface area contributed by atoms with Crippen molar-refractivity contribution in [1.82, 2.24) is 0 Å². The van der Waals surface area contributed by atoms with Gasteiger partial charge < -0.3 is 0 Å². The van der Waals surface area contributed by atoms with Crippen molar-refractivity contribution >= 4 is 27.5 Å². The minimum atomic E-state index is 0.744. The molecule has 0 saturated heterocycles. The number of aryl methyl sites for hydroxylation is 1. The lowest BCUT2D eigenvalue weighted by atomic mass is 10.5. The van der Waals surface area contributed by atoms with Crippen molar-refractivity contribution in [2.75, 3.05) is 0 Å².